The van der Waals surface area contributed by atoms with E-state index in [0.717, 1.165) is 0 Å². The van der Waals surface area contributed by atoms with Gasteiger partial charge < -0.3 is 5.32 Å². The average Bonchev–Trinajstić information content (AvgIpc) is 2.27. The van der Waals surface area contributed by atoms with Crippen molar-refractivity contribution in [3.63, 3.8) is 0 Å². The third-order valence-electron chi connectivity index (χ3n) is 2.32. The largest absolute Gasteiger partial charge is 0.383 e. The number of sulfone groups is 1. The van der Waals surface area contributed by atoms with Crippen LogP contribution in [-0.2, 0) is 9.84 Å². The van der Waals surface area contributed by atoms with E-state index in [0.29, 0.717) is 23.1 Å². The molecule has 0 fully saturated rings. The van der Waals surface area contributed by atoms with Gasteiger partial charge in [0, 0.05) is 16.8 Å². The highest BCUT2D eigenvalue weighted by molar-refractivity contribution is 9.10. The van der Waals surface area contributed by atoms with Gasteiger partial charge in [0.1, 0.15) is 15.7 Å². The fourth-order valence-corrected chi connectivity index (χ4v) is 2.50. The molecule has 1 rings (SSSR count). The summed E-state index contributed by atoms with van der Waals surface area (Å²) in [7, 11) is -2.93. The number of hydrogen-bond donors (Lipinski definition) is 1. The molecule has 0 aromatic heterocycles. The highest BCUT2D eigenvalue weighted by atomic mass is 79.9. The Labute approximate surface area is 109 Å². The first-order valence-electron chi connectivity index (χ1n) is 5.34. The minimum atomic E-state index is -2.93. The molecule has 1 N–H and O–H groups in total. The van der Waals surface area contributed by atoms with Gasteiger partial charge >= 0.3 is 0 Å². The Hall–Kier alpha value is -0.620. The fourth-order valence-electron chi connectivity index (χ4n) is 1.29. The molecule has 0 saturated carbocycles. The lowest BCUT2D eigenvalue weighted by Crippen LogP contribution is -2.13. The van der Waals surface area contributed by atoms with E-state index in [-0.39, 0.29) is 17.3 Å². The van der Waals surface area contributed by atoms with Crippen molar-refractivity contribution < 1.29 is 12.8 Å². The van der Waals surface area contributed by atoms with Gasteiger partial charge in [0.15, 0.2) is 0 Å². The van der Waals surface area contributed by atoms with Gasteiger partial charge in [0.05, 0.1) is 11.4 Å². The molecule has 0 aliphatic heterocycles. The normalized spacial score (nSPS) is 11.5. The van der Waals surface area contributed by atoms with Gasteiger partial charge in [-0.3, -0.25) is 0 Å². The van der Waals surface area contributed by atoms with Crippen molar-refractivity contribution in [3.8, 4) is 0 Å². The summed E-state index contributed by atoms with van der Waals surface area (Å²) in [6.07, 6.45) is 0.478. The van der Waals surface area contributed by atoms with Crippen LogP contribution in [0.2, 0.25) is 0 Å². The third kappa shape index (κ3) is 5.04. The molecule has 0 atom stereocenters. The first kappa shape index (κ1) is 14.4. The Balaban J connectivity index is 2.41. The number of anilines is 1. The summed E-state index contributed by atoms with van der Waals surface area (Å²) < 4.78 is 36.5. The summed E-state index contributed by atoms with van der Waals surface area (Å²) >= 11 is 3.17. The third-order valence-corrected chi connectivity index (χ3v) is 4.60. The summed E-state index contributed by atoms with van der Waals surface area (Å²) in [6.45, 7) is 2.06. The Bertz CT molecular complexity index is 476. The first-order valence-corrected chi connectivity index (χ1v) is 7.95. The number of halogens is 2. The molecule has 0 unspecified atom stereocenters. The Kier molecular flexibility index (Phi) is 5.39. The number of hydrogen-bond acceptors (Lipinski definition) is 3. The molecule has 0 spiro atoms. The van der Waals surface area contributed by atoms with Crippen molar-refractivity contribution in [3.05, 3.63) is 28.5 Å². The predicted molar refractivity (Wildman–Crippen MR) is 71.5 cm³/mol. The van der Waals surface area contributed by atoms with Crippen LogP contribution in [0, 0.1) is 5.82 Å². The molecule has 0 aliphatic rings. The van der Waals surface area contributed by atoms with Crippen LogP contribution in [0.4, 0.5) is 10.1 Å². The Morgan fingerprint density at radius 2 is 2.12 bits per heavy atom. The van der Waals surface area contributed by atoms with E-state index in [1.807, 2.05) is 0 Å². The van der Waals surface area contributed by atoms with E-state index < -0.39 is 9.84 Å². The number of rotatable bonds is 6. The van der Waals surface area contributed by atoms with Crippen molar-refractivity contribution in [1.29, 1.82) is 0 Å². The van der Waals surface area contributed by atoms with Crippen LogP contribution >= 0.6 is 15.9 Å². The summed E-state index contributed by atoms with van der Waals surface area (Å²) in [5, 5.41) is 2.88. The molecule has 0 radical (unpaired) electrons. The molecule has 0 saturated heterocycles. The fraction of sp³-hybridized carbons (Fsp3) is 0.455. The Morgan fingerprint density at radius 1 is 1.41 bits per heavy atom. The van der Waals surface area contributed by atoms with E-state index in [4.69, 9.17) is 0 Å². The molecule has 1 aromatic rings. The molecule has 0 heterocycles. The average molecular weight is 324 g/mol. The van der Waals surface area contributed by atoms with Crippen molar-refractivity contribution in [2.75, 3.05) is 23.4 Å². The molecular weight excluding hydrogens is 309 g/mol. The van der Waals surface area contributed by atoms with Crippen molar-refractivity contribution in [2.45, 2.75) is 13.3 Å². The second kappa shape index (κ2) is 6.35. The summed E-state index contributed by atoms with van der Waals surface area (Å²) in [4.78, 5) is 0. The van der Waals surface area contributed by atoms with Crippen LogP contribution in [0.25, 0.3) is 0 Å². The molecule has 6 heteroatoms. The molecule has 0 aliphatic carbocycles. The van der Waals surface area contributed by atoms with Crippen molar-refractivity contribution in [2.24, 2.45) is 0 Å². The zero-order chi connectivity index (χ0) is 12.9. The Morgan fingerprint density at radius 3 is 2.71 bits per heavy atom. The lowest BCUT2D eigenvalue weighted by molar-refractivity contribution is 0.595. The maximum atomic E-state index is 13.4. The molecule has 0 bridgehead atoms. The van der Waals surface area contributed by atoms with Crippen LogP contribution in [0.1, 0.15) is 13.3 Å². The predicted octanol–water partition coefficient (Wildman–Crippen LogP) is 2.82. The lowest BCUT2D eigenvalue weighted by Gasteiger charge is -2.07. The van der Waals surface area contributed by atoms with E-state index in [2.05, 4.69) is 21.2 Å². The molecular formula is C11H15BrFNO2S. The smallest absolute Gasteiger partial charge is 0.150 e. The standard InChI is InChI=1S/C11H15BrFNO2S/c1-2-17(15,16)7-3-6-14-11-5-4-9(12)8-10(11)13/h4-5,8,14H,2-3,6-7H2,1H3. The maximum Gasteiger partial charge on any atom is 0.150 e. The number of nitrogens with one attached hydrogen (secondary N) is 1. The molecule has 96 valence electrons. The monoisotopic (exact) mass is 323 g/mol. The molecule has 17 heavy (non-hydrogen) atoms. The SMILES string of the molecule is CCS(=O)(=O)CCCNc1ccc(Br)cc1F. The van der Waals surface area contributed by atoms with E-state index in [1.54, 1.807) is 19.1 Å². The summed E-state index contributed by atoms with van der Waals surface area (Å²) in [5.74, 6) is -0.0633. The number of benzene rings is 1. The van der Waals surface area contributed by atoms with Crippen LogP contribution in [0.15, 0.2) is 22.7 Å². The summed E-state index contributed by atoms with van der Waals surface area (Å²) in [5.41, 5.74) is 0.391. The summed E-state index contributed by atoms with van der Waals surface area (Å²) in [6, 6.07) is 4.72. The van der Waals surface area contributed by atoms with Gasteiger partial charge in [-0.1, -0.05) is 22.9 Å². The van der Waals surface area contributed by atoms with Gasteiger partial charge in [-0.25, -0.2) is 12.8 Å². The van der Waals surface area contributed by atoms with Gasteiger partial charge in [-0.15, -0.1) is 0 Å². The van der Waals surface area contributed by atoms with E-state index in [9.17, 15) is 12.8 Å². The van der Waals surface area contributed by atoms with Crippen LogP contribution in [-0.4, -0.2) is 26.5 Å². The quantitative estimate of drug-likeness (QED) is 0.819. The topological polar surface area (TPSA) is 46.2 Å². The first-order chi connectivity index (χ1) is 7.94. The van der Waals surface area contributed by atoms with Gasteiger partial charge in [-0.2, -0.15) is 0 Å². The van der Waals surface area contributed by atoms with Crippen molar-refractivity contribution >= 4 is 31.5 Å². The molecule has 3 nitrogen and oxygen atoms in total. The van der Waals surface area contributed by atoms with Crippen molar-refractivity contribution in [1.82, 2.24) is 0 Å². The molecule has 0 amide bonds. The minimum absolute atomic E-state index is 0.134. The zero-order valence-corrected chi connectivity index (χ0v) is 11.9. The van der Waals surface area contributed by atoms with Gasteiger partial charge in [0.25, 0.3) is 0 Å². The molecule has 1 aromatic carbocycles. The minimum Gasteiger partial charge on any atom is -0.383 e. The second-order valence-corrected chi connectivity index (χ2v) is 7.03. The van der Waals surface area contributed by atoms with Crippen LogP contribution in [0.3, 0.4) is 0 Å². The van der Waals surface area contributed by atoms with Gasteiger partial charge in [-0.05, 0) is 24.6 Å². The maximum absolute atomic E-state index is 13.4. The van der Waals surface area contributed by atoms with E-state index in [1.165, 1.54) is 6.07 Å². The van der Waals surface area contributed by atoms with Crippen LogP contribution < -0.4 is 5.32 Å². The second-order valence-electron chi connectivity index (χ2n) is 3.64. The van der Waals surface area contributed by atoms with E-state index >= 15 is 0 Å². The lowest BCUT2D eigenvalue weighted by atomic mass is 10.3. The van der Waals surface area contributed by atoms with Gasteiger partial charge in [0.2, 0.25) is 0 Å². The highest BCUT2D eigenvalue weighted by Crippen LogP contribution is 2.19. The van der Waals surface area contributed by atoms with Crippen LogP contribution in [0.5, 0.6) is 0 Å². The zero-order valence-electron chi connectivity index (χ0n) is 9.54. The highest BCUT2D eigenvalue weighted by Gasteiger charge is 2.07.